The number of amides is 2. The van der Waals surface area contributed by atoms with Crippen LogP contribution in [0.5, 0.6) is 5.75 Å². The first-order chi connectivity index (χ1) is 12.0. The Morgan fingerprint density at radius 1 is 0.960 bits per heavy atom. The van der Waals surface area contributed by atoms with Crippen LogP contribution in [0.25, 0.3) is 5.57 Å². The summed E-state index contributed by atoms with van der Waals surface area (Å²) in [5.74, 6) is -1.02. The molecule has 0 unspecified atom stereocenters. The lowest BCUT2D eigenvalue weighted by Crippen LogP contribution is -2.31. The van der Waals surface area contributed by atoms with Gasteiger partial charge in [-0.2, -0.15) is 0 Å². The zero-order chi connectivity index (χ0) is 18.0. The molecule has 0 saturated heterocycles. The Morgan fingerprint density at radius 3 is 2.20 bits per heavy atom. The number of hydrogen-bond acceptors (Lipinski definition) is 4. The van der Waals surface area contributed by atoms with Crippen LogP contribution in [0.2, 0.25) is 0 Å². The Morgan fingerprint density at radius 2 is 1.60 bits per heavy atom. The number of ether oxygens (including phenoxy) is 1. The van der Waals surface area contributed by atoms with Crippen LogP contribution in [0, 0.1) is 0 Å². The highest BCUT2D eigenvalue weighted by molar-refractivity contribution is 6.34. The Hall–Kier alpha value is -3.08. The molecule has 25 heavy (non-hydrogen) atoms. The van der Waals surface area contributed by atoms with Crippen LogP contribution < -0.4 is 4.74 Å². The van der Waals surface area contributed by atoms with Crippen LogP contribution in [0.3, 0.4) is 0 Å². The molecule has 3 rings (SSSR count). The fourth-order valence-electron chi connectivity index (χ4n) is 2.71. The van der Waals surface area contributed by atoms with Gasteiger partial charge in [0.2, 0.25) is 0 Å². The van der Waals surface area contributed by atoms with Crippen molar-refractivity contribution in [1.82, 2.24) is 4.90 Å². The number of hydrogen-bond donors (Lipinski definition) is 1. The Kier molecular flexibility index (Phi) is 4.57. The maximum Gasteiger partial charge on any atom is 0.296 e. The number of nitrogens with zero attached hydrogens (tertiary/aromatic N) is 1. The quantitative estimate of drug-likeness (QED) is 0.850. The summed E-state index contributed by atoms with van der Waals surface area (Å²) in [5.41, 5.74) is 1.33. The van der Waals surface area contributed by atoms with Gasteiger partial charge >= 0.3 is 0 Å². The first-order valence-electron chi connectivity index (χ1n) is 8.08. The number of imide groups is 1. The van der Waals surface area contributed by atoms with E-state index in [1.165, 1.54) is 0 Å². The molecule has 0 aliphatic carbocycles. The largest absolute Gasteiger partial charge is 0.502 e. The predicted molar refractivity (Wildman–Crippen MR) is 93.8 cm³/mol. The van der Waals surface area contributed by atoms with Crippen LogP contribution in [0.15, 0.2) is 60.4 Å². The number of carbonyl (C=O) groups excluding carboxylic acids is 2. The monoisotopic (exact) mass is 337 g/mol. The summed E-state index contributed by atoms with van der Waals surface area (Å²) in [7, 11) is 0. The van der Waals surface area contributed by atoms with Crippen molar-refractivity contribution in [3.05, 3.63) is 71.5 Å². The van der Waals surface area contributed by atoms with Crippen LogP contribution in [-0.4, -0.2) is 27.9 Å². The third kappa shape index (κ3) is 3.40. The van der Waals surface area contributed by atoms with Crippen molar-refractivity contribution in [3.63, 3.8) is 0 Å². The standard InChI is InChI=1S/C20H19NO4/c1-13(2)25-16-10-8-15(9-11-16)17-18(22)20(24)21(19(17)23)12-14-6-4-3-5-7-14/h3-11,13,22H,12H2,1-2H3. The lowest BCUT2D eigenvalue weighted by atomic mass is 10.1. The molecule has 1 aliphatic rings. The maximum absolute atomic E-state index is 12.6. The zero-order valence-electron chi connectivity index (χ0n) is 14.1. The molecule has 2 aromatic carbocycles. The minimum absolute atomic E-state index is 0.0250. The third-order valence-electron chi connectivity index (χ3n) is 3.84. The number of rotatable bonds is 5. The summed E-state index contributed by atoms with van der Waals surface area (Å²) in [6, 6.07) is 16.0. The molecule has 0 saturated carbocycles. The average Bonchev–Trinajstić information content (AvgIpc) is 2.80. The van der Waals surface area contributed by atoms with Gasteiger partial charge in [0.25, 0.3) is 11.8 Å². The molecule has 0 radical (unpaired) electrons. The SMILES string of the molecule is CC(C)Oc1ccc(C2=C(O)C(=O)N(Cc3ccccc3)C2=O)cc1. The second-order valence-corrected chi connectivity index (χ2v) is 6.10. The predicted octanol–water partition coefficient (Wildman–Crippen LogP) is 3.31. The topological polar surface area (TPSA) is 66.8 Å². The van der Waals surface area contributed by atoms with Gasteiger partial charge in [-0.05, 0) is 37.1 Å². The van der Waals surface area contributed by atoms with Crippen molar-refractivity contribution in [2.75, 3.05) is 0 Å². The number of benzene rings is 2. The van der Waals surface area contributed by atoms with Gasteiger partial charge in [0.1, 0.15) is 5.75 Å². The van der Waals surface area contributed by atoms with E-state index >= 15 is 0 Å². The highest BCUT2D eigenvalue weighted by Crippen LogP contribution is 2.30. The second kappa shape index (κ2) is 6.81. The normalized spacial score (nSPS) is 14.6. The number of carbonyl (C=O) groups is 2. The van der Waals surface area contributed by atoms with Crippen LogP contribution in [0.1, 0.15) is 25.0 Å². The van der Waals surface area contributed by atoms with E-state index in [0.29, 0.717) is 11.3 Å². The molecule has 0 bridgehead atoms. The van der Waals surface area contributed by atoms with Crippen molar-refractivity contribution in [3.8, 4) is 5.75 Å². The maximum atomic E-state index is 12.6. The summed E-state index contributed by atoms with van der Waals surface area (Å²) in [6.07, 6.45) is 0.0366. The molecule has 0 fully saturated rings. The van der Waals surface area contributed by atoms with E-state index in [1.54, 1.807) is 24.3 Å². The van der Waals surface area contributed by atoms with Crippen molar-refractivity contribution in [2.24, 2.45) is 0 Å². The Bertz CT molecular complexity index is 823. The fourth-order valence-corrected chi connectivity index (χ4v) is 2.71. The molecule has 0 spiro atoms. The van der Waals surface area contributed by atoms with Crippen LogP contribution in [0.4, 0.5) is 0 Å². The van der Waals surface area contributed by atoms with Gasteiger partial charge in [-0.15, -0.1) is 0 Å². The molecular weight excluding hydrogens is 318 g/mol. The minimum atomic E-state index is -0.675. The molecule has 2 amide bonds. The molecule has 5 heteroatoms. The average molecular weight is 337 g/mol. The molecule has 0 aromatic heterocycles. The molecule has 5 nitrogen and oxygen atoms in total. The Balaban J connectivity index is 1.84. The molecule has 128 valence electrons. The smallest absolute Gasteiger partial charge is 0.296 e. The summed E-state index contributed by atoms with van der Waals surface area (Å²) in [5, 5.41) is 10.2. The molecular formula is C20H19NO4. The van der Waals surface area contributed by atoms with Crippen molar-refractivity contribution in [2.45, 2.75) is 26.5 Å². The van der Waals surface area contributed by atoms with E-state index < -0.39 is 17.6 Å². The van der Waals surface area contributed by atoms with Gasteiger partial charge in [-0.3, -0.25) is 14.5 Å². The zero-order valence-corrected chi connectivity index (χ0v) is 14.1. The van der Waals surface area contributed by atoms with Crippen molar-refractivity contribution < 1.29 is 19.4 Å². The minimum Gasteiger partial charge on any atom is -0.502 e. The molecule has 1 heterocycles. The Labute approximate surface area is 146 Å². The van der Waals surface area contributed by atoms with Gasteiger partial charge in [0.05, 0.1) is 18.2 Å². The van der Waals surface area contributed by atoms with Crippen LogP contribution in [-0.2, 0) is 16.1 Å². The van der Waals surface area contributed by atoms with Gasteiger partial charge in [-0.25, -0.2) is 0 Å². The first kappa shape index (κ1) is 16.8. The first-order valence-corrected chi connectivity index (χ1v) is 8.08. The third-order valence-corrected chi connectivity index (χ3v) is 3.84. The molecule has 1 aliphatic heterocycles. The second-order valence-electron chi connectivity index (χ2n) is 6.10. The van der Waals surface area contributed by atoms with Crippen LogP contribution >= 0.6 is 0 Å². The van der Waals surface area contributed by atoms with E-state index in [-0.39, 0.29) is 18.2 Å². The van der Waals surface area contributed by atoms with E-state index in [0.717, 1.165) is 10.5 Å². The summed E-state index contributed by atoms with van der Waals surface area (Å²) in [4.78, 5) is 26.0. The summed E-state index contributed by atoms with van der Waals surface area (Å²) in [6.45, 7) is 3.96. The van der Waals surface area contributed by atoms with Gasteiger partial charge < -0.3 is 9.84 Å². The molecule has 0 atom stereocenters. The lowest BCUT2D eigenvalue weighted by Gasteiger charge is -2.14. The summed E-state index contributed by atoms with van der Waals surface area (Å²) < 4.78 is 5.57. The van der Waals surface area contributed by atoms with Gasteiger partial charge in [-0.1, -0.05) is 42.5 Å². The van der Waals surface area contributed by atoms with Crippen molar-refractivity contribution in [1.29, 1.82) is 0 Å². The number of aliphatic hydroxyl groups is 1. The molecule has 1 N–H and O–H groups in total. The van der Waals surface area contributed by atoms with E-state index in [4.69, 9.17) is 4.74 Å². The van der Waals surface area contributed by atoms with Gasteiger partial charge in [0, 0.05) is 0 Å². The van der Waals surface area contributed by atoms with Crippen molar-refractivity contribution >= 4 is 17.4 Å². The number of aliphatic hydroxyl groups excluding tert-OH is 1. The van der Waals surface area contributed by atoms with E-state index in [9.17, 15) is 14.7 Å². The molecule has 2 aromatic rings. The van der Waals surface area contributed by atoms with E-state index in [2.05, 4.69) is 0 Å². The van der Waals surface area contributed by atoms with E-state index in [1.807, 2.05) is 44.2 Å². The summed E-state index contributed by atoms with van der Waals surface area (Å²) >= 11 is 0. The fraction of sp³-hybridized carbons (Fsp3) is 0.200. The van der Waals surface area contributed by atoms with Gasteiger partial charge in [0.15, 0.2) is 5.76 Å². The highest BCUT2D eigenvalue weighted by atomic mass is 16.5. The highest BCUT2D eigenvalue weighted by Gasteiger charge is 2.39. The lowest BCUT2D eigenvalue weighted by molar-refractivity contribution is -0.138.